The van der Waals surface area contributed by atoms with Crippen LogP contribution in [0.5, 0.6) is 0 Å². The van der Waals surface area contributed by atoms with Crippen LogP contribution in [0.25, 0.3) is 5.65 Å². The fraction of sp³-hybridized carbons (Fsp3) is 0.455. The molecule has 0 aliphatic carbocycles. The first-order valence-electron chi connectivity index (χ1n) is 4.79. The van der Waals surface area contributed by atoms with E-state index in [4.69, 9.17) is 0 Å². The quantitative estimate of drug-likeness (QED) is 0.636. The summed E-state index contributed by atoms with van der Waals surface area (Å²) in [6.45, 7) is 8.50. The molecule has 3 nitrogen and oxygen atoms in total. The minimum absolute atomic E-state index is 0.126. The first-order valence-corrected chi connectivity index (χ1v) is 4.79. The van der Waals surface area contributed by atoms with Crippen molar-refractivity contribution in [3.8, 4) is 0 Å². The number of fused-ring (bicyclic) bond motifs is 1. The largest absolute Gasteiger partial charge is 0.237 e. The van der Waals surface area contributed by atoms with Gasteiger partial charge in [0.25, 0.3) is 0 Å². The highest BCUT2D eigenvalue weighted by molar-refractivity contribution is 5.39. The third-order valence-corrected chi connectivity index (χ3v) is 2.30. The van der Waals surface area contributed by atoms with Crippen molar-refractivity contribution in [1.29, 1.82) is 0 Å². The molecule has 0 bridgehead atoms. The van der Waals surface area contributed by atoms with Crippen molar-refractivity contribution >= 4 is 5.65 Å². The monoisotopic (exact) mass is 189 g/mol. The van der Waals surface area contributed by atoms with Gasteiger partial charge in [0.15, 0.2) is 5.65 Å². The first kappa shape index (κ1) is 9.19. The Hall–Kier alpha value is -1.38. The third-order valence-electron chi connectivity index (χ3n) is 2.30. The average molecular weight is 189 g/mol. The smallest absolute Gasteiger partial charge is 0.155 e. The molecule has 0 unspecified atom stereocenters. The number of aryl methyl sites for hydroxylation is 1. The second kappa shape index (κ2) is 2.80. The van der Waals surface area contributed by atoms with Gasteiger partial charge in [-0.15, -0.1) is 0 Å². The fourth-order valence-corrected chi connectivity index (χ4v) is 1.38. The second-order valence-electron chi connectivity index (χ2n) is 4.68. The molecule has 2 rings (SSSR count). The van der Waals surface area contributed by atoms with Crippen LogP contribution in [0.2, 0.25) is 0 Å². The molecule has 2 aromatic heterocycles. The normalized spacial score (nSPS) is 12.3. The minimum atomic E-state index is 0.126. The fourth-order valence-electron chi connectivity index (χ4n) is 1.38. The zero-order valence-corrected chi connectivity index (χ0v) is 9.07. The van der Waals surface area contributed by atoms with E-state index in [9.17, 15) is 0 Å². The van der Waals surface area contributed by atoms with Gasteiger partial charge in [0, 0.05) is 18.5 Å². The molecule has 2 aromatic rings. The van der Waals surface area contributed by atoms with E-state index >= 15 is 0 Å². The van der Waals surface area contributed by atoms with Crippen LogP contribution in [0, 0.1) is 6.92 Å². The van der Waals surface area contributed by atoms with Crippen LogP contribution in [-0.4, -0.2) is 14.6 Å². The van der Waals surface area contributed by atoms with Crippen molar-refractivity contribution in [2.45, 2.75) is 33.1 Å². The van der Waals surface area contributed by atoms with Gasteiger partial charge in [0.05, 0.1) is 5.69 Å². The summed E-state index contributed by atoms with van der Waals surface area (Å²) in [5.74, 6) is 0. The van der Waals surface area contributed by atoms with Gasteiger partial charge in [-0.05, 0) is 17.9 Å². The standard InChI is InChI=1S/C11H15N3/c1-8-5-10-12-6-9(11(2,3)4)7-14(10)13-8/h5-7H,1-4H3. The minimum Gasteiger partial charge on any atom is -0.237 e. The second-order valence-corrected chi connectivity index (χ2v) is 4.68. The highest BCUT2D eigenvalue weighted by Crippen LogP contribution is 2.21. The van der Waals surface area contributed by atoms with Gasteiger partial charge in [-0.1, -0.05) is 20.8 Å². The molecule has 3 heteroatoms. The number of hydrogen-bond acceptors (Lipinski definition) is 2. The molecule has 0 aliphatic heterocycles. The summed E-state index contributed by atoms with van der Waals surface area (Å²) in [6, 6.07) is 1.98. The summed E-state index contributed by atoms with van der Waals surface area (Å²) < 4.78 is 1.84. The van der Waals surface area contributed by atoms with E-state index in [0.29, 0.717) is 0 Å². The van der Waals surface area contributed by atoms with Gasteiger partial charge in [-0.2, -0.15) is 5.10 Å². The molecule has 0 radical (unpaired) electrons. The predicted octanol–water partition coefficient (Wildman–Crippen LogP) is 2.34. The number of hydrogen-bond donors (Lipinski definition) is 0. The lowest BCUT2D eigenvalue weighted by molar-refractivity contribution is 0.581. The highest BCUT2D eigenvalue weighted by Gasteiger charge is 2.14. The van der Waals surface area contributed by atoms with E-state index in [2.05, 4.69) is 37.1 Å². The average Bonchev–Trinajstić information content (AvgIpc) is 2.41. The van der Waals surface area contributed by atoms with E-state index in [1.54, 1.807) is 0 Å². The van der Waals surface area contributed by atoms with Crippen molar-refractivity contribution in [2.24, 2.45) is 0 Å². The van der Waals surface area contributed by atoms with Gasteiger partial charge in [0.2, 0.25) is 0 Å². The lowest BCUT2D eigenvalue weighted by Crippen LogP contribution is -2.12. The maximum Gasteiger partial charge on any atom is 0.155 e. The summed E-state index contributed by atoms with van der Waals surface area (Å²) in [4.78, 5) is 4.37. The van der Waals surface area contributed by atoms with E-state index in [-0.39, 0.29) is 5.41 Å². The van der Waals surface area contributed by atoms with Crippen molar-refractivity contribution < 1.29 is 0 Å². The molecule has 0 amide bonds. The summed E-state index contributed by atoms with van der Waals surface area (Å²) in [7, 11) is 0. The van der Waals surface area contributed by atoms with E-state index < -0.39 is 0 Å². The number of nitrogens with zero attached hydrogens (tertiary/aromatic N) is 3. The zero-order valence-electron chi connectivity index (χ0n) is 9.07. The first-order chi connectivity index (χ1) is 6.47. The predicted molar refractivity (Wildman–Crippen MR) is 56.4 cm³/mol. The number of aromatic nitrogens is 3. The molecule has 0 spiro atoms. The Bertz CT molecular complexity index is 463. The molecule has 0 fully saturated rings. The lowest BCUT2D eigenvalue weighted by Gasteiger charge is -2.17. The van der Waals surface area contributed by atoms with Crippen LogP contribution >= 0.6 is 0 Å². The Balaban J connectivity index is 2.62. The van der Waals surface area contributed by atoms with Gasteiger partial charge in [0.1, 0.15) is 0 Å². The summed E-state index contributed by atoms with van der Waals surface area (Å²) in [6.07, 6.45) is 3.98. The van der Waals surface area contributed by atoms with Gasteiger partial charge in [-0.3, -0.25) is 0 Å². The summed E-state index contributed by atoms with van der Waals surface area (Å²) >= 11 is 0. The van der Waals surface area contributed by atoms with E-state index in [1.165, 1.54) is 5.56 Å². The van der Waals surface area contributed by atoms with Crippen molar-refractivity contribution in [3.05, 3.63) is 29.7 Å². The number of rotatable bonds is 0. The summed E-state index contributed by atoms with van der Waals surface area (Å²) in [5.41, 5.74) is 3.24. The molecule has 2 heterocycles. The molecule has 0 aliphatic rings. The Labute approximate surface area is 83.8 Å². The molecule has 0 aromatic carbocycles. The Morgan fingerprint density at radius 3 is 2.64 bits per heavy atom. The maximum absolute atomic E-state index is 4.37. The van der Waals surface area contributed by atoms with Crippen molar-refractivity contribution in [3.63, 3.8) is 0 Å². The van der Waals surface area contributed by atoms with Gasteiger partial charge in [-0.25, -0.2) is 9.50 Å². The zero-order chi connectivity index (χ0) is 10.3. The van der Waals surface area contributed by atoms with Gasteiger partial charge >= 0.3 is 0 Å². The van der Waals surface area contributed by atoms with Gasteiger partial charge < -0.3 is 0 Å². The SMILES string of the molecule is Cc1cc2ncc(C(C)(C)C)cn2n1. The maximum atomic E-state index is 4.37. The van der Waals surface area contributed by atoms with E-state index in [0.717, 1.165) is 11.3 Å². The summed E-state index contributed by atoms with van der Waals surface area (Å²) in [5, 5.41) is 4.34. The third kappa shape index (κ3) is 1.50. The highest BCUT2D eigenvalue weighted by atomic mass is 15.2. The molecular weight excluding hydrogens is 174 g/mol. The van der Waals surface area contributed by atoms with Crippen LogP contribution in [-0.2, 0) is 5.41 Å². The molecule has 0 saturated carbocycles. The molecule has 0 atom stereocenters. The Morgan fingerprint density at radius 1 is 1.29 bits per heavy atom. The molecule has 14 heavy (non-hydrogen) atoms. The van der Waals surface area contributed by atoms with Crippen LogP contribution in [0.15, 0.2) is 18.5 Å². The Morgan fingerprint density at radius 2 is 2.00 bits per heavy atom. The molecule has 0 saturated heterocycles. The Kier molecular flexibility index (Phi) is 1.84. The molecule has 74 valence electrons. The van der Waals surface area contributed by atoms with Crippen molar-refractivity contribution in [2.75, 3.05) is 0 Å². The lowest BCUT2D eigenvalue weighted by atomic mass is 9.89. The molecule has 0 N–H and O–H groups in total. The van der Waals surface area contributed by atoms with Crippen LogP contribution in [0.4, 0.5) is 0 Å². The van der Waals surface area contributed by atoms with Crippen LogP contribution in [0.3, 0.4) is 0 Å². The van der Waals surface area contributed by atoms with Crippen LogP contribution < -0.4 is 0 Å². The van der Waals surface area contributed by atoms with E-state index in [1.807, 2.05) is 23.7 Å². The topological polar surface area (TPSA) is 30.2 Å². The van der Waals surface area contributed by atoms with Crippen LogP contribution in [0.1, 0.15) is 32.0 Å². The molecular formula is C11H15N3. The van der Waals surface area contributed by atoms with Crippen molar-refractivity contribution in [1.82, 2.24) is 14.6 Å².